The Morgan fingerprint density at radius 2 is 1.95 bits per heavy atom. The second-order valence-electron chi connectivity index (χ2n) is 6.83. The van der Waals surface area contributed by atoms with Gasteiger partial charge >= 0.3 is 0 Å². The lowest BCUT2D eigenvalue weighted by Crippen LogP contribution is -2.38. The molecule has 0 atom stereocenters. The van der Waals surface area contributed by atoms with E-state index in [1.165, 1.54) is 11.3 Å². The van der Waals surface area contributed by atoms with Crippen molar-refractivity contribution in [2.45, 2.75) is 51.7 Å². The van der Waals surface area contributed by atoms with Crippen molar-refractivity contribution in [1.82, 2.24) is 5.32 Å². The Morgan fingerprint density at radius 1 is 1.29 bits per heavy atom. The van der Waals surface area contributed by atoms with Crippen LogP contribution in [-0.4, -0.2) is 31.8 Å². The summed E-state index contributed by atoms with van der Waals surface area (Å²) in [5.74, 6) is 0. The van der Waals surface area contributed by atoms with E-state index in [0.717, 1.165) is 37.1 Å². The van der Waals surface area contributed by atoms with Crippen molar-refractivity contribution >= 4 is 21.6 Å². The van der Waals surface area contributed by atoms with Crippen LogP contribution in [0, 0.1) is 0 Å². The highest BCUT2D eigenvalue weighted by Crippen LogP contribution is 2.28. The van der Waals surface area contributed by atoms with Gasteiger partial charge in [-0.3, -0.25) is 0 Å². The fourth-order valence-electron chi connectivity index (χ4n) is 2.64. The van der Waals surface area contributed by atoms with Crippen LogP contribution in [0.3, 0.4) is 0 Å². The minimum absolute atomic E-state index is 0.127. The van der Waals surface area contributed by atoms with Crippen molar-refractivity contribution in [1.29, 1.82) is 0 Å². The fourth-order valence-corrected chi connectivity index (χ4v) is 2.99. The Hall–Kier alpha value is -0.580. The van der Waals surface area contributed by atoms with Crippen LogP contribution >= 0.6 is 15.9 Å². The van der Waals surface area contributed by atoms with E-state index in [1.807, 2.05) is 0 Å². The van der Waals surface area contributed by atoms with Crippen molar-refractivity contribution in [3.05, 3.63) is 28.2 Å². The van der Waals surface area contributed by atoms with Gasteiger partial charge in [0.1, 0.15) is 0 Å². The minimum Gasteiger partial charge on any atom is -0.381 e. The molecule has 1 aromatic carbocycles. The average Bonchev–Trinajstić information content (AvgIpc) is 2.45. The summed E-state index contributed by atoms with van der Waals surface area (Å²) < 4.78 is 6.62. The molecule has 0 aromatic heterocycles. The highest BCUT2D eigenvalue weighted by molar-refractivity contribution is 9.10. The van der Waals surface area contributed by atoms with Gasteiger partial charge < -0.3 is 15.0 Å². The molecule has 1 saturated heterocycles. The minimum atomic E-state index is 0.127. The molecular weight excluding hydrogens is 328 g/mol. The quantitative estimate of drug-likeness (QED) is 0.885. The summed E-state index contributed by atoms with van der Waals surface area (Å²) in [6.45, 7) is 9.24. The first-order valence-corrected chi connectivity index (χ1v) is 8.50. The monoisotopic (exact) mass is 354 g/mol. The molecule has 0 aliphatic carbocycles. The van der Waals surface area contributed by atoms with Gasteiger partial charge in [0.05, 0.1) is 0 Å². The first kappa shape index (κ1) is 16.8. The first-order valence-electron chi connectivity index (χ1n) is 7.71. The molecule has 2 rings (SSSR count). The number of nitrogens with one attached hydrogen (secondary N) is 1. The van der Waals surface area contributed by atoms with Gasteiger partial charge in [0, 0.05) is 48.5 Å². The third-order valence-electron chi connectivity index (χ3n) is 3.98. The Balaban J connectivity index is 2.17. The molecule has 3 nitrogen and oxygen atoms in total. The van der Waals surface area contributed by atoms with Gasteiger partial charge in [0.2, 0.25) is 0 Å². The van der Waals surface area contributed by atoms with Crippen LogP contribution in [0.25, 0.3) is 0 Å². The van der Waals surface area contributed by atoms with E-state index in [4.69, 9.17) is 4.74 Å². The SMILES string of the molecule is CN(c1cc(Br)ccc1CNC(C)(C)C)C1CCOCC1. The maximum atomic E-state index is 5.48. The number of ether oxygens (including phenoxy) is 1. The van der Waals surface area contributed by atoms with Crippen molar-refractivity contribution in [2.75, 3.05) is 25.2 Å². The molecule has 0 spiro atoms. The molecule has 1 aromatic rings. The molecule has 0 saturated carbocycles. The highest BCUT2D eigenvalue weighted by Gasteiger charge is 2.21. The molecule has 1 N–H and O–H groups in total. The topological polar surface area (TPSA) is 24.5 Å². The number of anilines is 1. The summed E-state index contributed by atoms with van der Waals surface area (Å²) in [5, 5.41) is 3.59. The predicted octanol–water partition coefficient (Wildman–Crippen LogP) is 3.95. The Bertz CT molecular complexity index is 464. The van der Waals surface area contributed by atoms with Gasteiger partial charge in [0.25, 0.3) is 0 Å². The fraction of sp³-hybridized carbons (Fsp3) is 0.647. The van der Waals surface area contributed by atoms with Gasteiger partial charge in [0.15, 0.2) is 0 Å². The molecule has 0 bridgehead atoms. The molecule has 1 fully saturated rings. The van der Waals surface area contributed by atoms with Crippen molar-refractivity contribution in [3.63, 3.8) is 0 Å². The van der Waals surface area contributed by atoms with Gasteiger partial charge in [-0.2, -0.15) is 0 Å². The van der Waals surface area contributed by atoms with Crippen molar-refractivity contribution in [2.24, 2.45) is 0 Å². The molecule has 21 heavy (non-hydrogen) atoms. The average molecular weight is 355 g/mol. The van der Waals surface area contributed by atoms with Crippen molar-refractivity contribution < 1.29 is 4.74 Å². The first-order chi connectivity index (χ1) is 9.87. The number of rotatable bonds is 4. The number of benzene rings is 1. The van der Waals surface area contributed by atoms with Gasteiger partial charge in [-0.1, -0.05) is 22.0 Å². The van der Waals surface area contributed by atoms with E-state index in [0.29, 0.717) is 6.04 Å². The summed E-state index contributed by atoms with van der Waals surface area (Å²) >= 11 is 3.61. The number of hydrogen-bond donors (Lipinski definition) is 1. The lowest BCUT2D eigenvalue weighted by Gasteiger charge is -2.34. The maximum absolute atomic E-state index is 5.48. The van der Waals surface area contributed by atoms with Crippen LogP contribution in [-0.2, 0) is 11.3 Å². The molecular formula is C17H27BrN2O. The lowest BCUT2D eigenvalue weighted by atomic mass is 10.0. The third kappa shape index (κ3) is 4.97. The van der Waals surface area contributed by atoms with E-state index < -0.39 is 0 Å². The van der Waals surface area contributed by atoms with Crippen LogP contribution in [0.15, 0.2) is 22.7 Å². The maximum Gasteiger partial charge on any atom is 0.0485 e. The Labute approximate surface area is 137 Å². The third-order valence-corrected chi connectivity index (χ3v) is 4.47. The second kappa shape index (κ2) is 7.12. The summed E-state index contributed by atoms with van der Waals surface area (Å²) in [6.07, 6.45) is 2.21. The summed E-state index contributed by atoms with van der Waals surface area (Å²) in [5.41, 5.74) is 2.79. The molecule has 0 amide bonds. The van der Waals surface area contributed by atoms with Crippen LogP contribution in [0.4, 0.5) is 5.69 Å². The highest BCUT2D eigenvalue weighted by atomic mass is 79.9. The van der Waals surface area contributed by atoms with Gasteiger partial charge in [-0.25, -0.2) is 0 Å². The van der Waals surface area contributed by atoms with Crippen LogP contribution < -0.4 is 10.2 Å². The zero-order chi connectivity index (χ0) is 15.5. The van der Waals surface area contributed by atoms with E-state index in [9.17, 15) is 0 Å². The number of nitrogens with zero attached hydrogens (tertiary/aromatic N) is 1. The Kier molecular flexibility index (Phi) is 5.69. The van der Waals surface area contributed by atoms with Crippen molar-refractivity contribution in [3.8, 4) is 0 Å². The normalized spacial score (nSPS) is 17.0. The molecule has 1 aliphatic rings. The van der Waals surface area contributed by atoms with E-state index in [1.54, 1.807) is 0 Å². The lowest BCUT2D eigenvalue weighted by molar-refractivity contribution is 0.0854. The molecule has 1 aliphatic heterocycles. The van der Waals surface area contributed by atoms with Gasteiger partial charge in [-0.05, 0) is 51.3 Å². The van der Waals surface area contributed by atoms with E-state index >= 15 is 0 Å². The van der Waals surface area contributed by atoms with Crippen LogP contribution in [0.5, 0.6) is 0 Å². The van der Waals surface area contributed by atoms with E-state index in [-0.39, 0.29) is 5.54 Å². The molecule has 1 heterocycles. The zero-order valence-corrected chi connectivity index (χ0v) is 15.2. The molecule has 4 heteroatoms. The summed E-state index contributed by atoms with van der Waals surface area (Å²) in [7, 11) is 2.21. The Morgan fingerprint density at radius 3 is 2.57 bits per heavy atom. The van der Waals surface area contributed by atoms with Crippen LogP contribution in [0.2, 0.25) is 0 Å². The number of hydrogen-bond acceptors (Lipinski definition) is 3. The summed E-state index contributed by atoms with van der Waals surface area (Å²) in [6, 6.07) is 7.14. The molecule has 118 valence electrons. The largest absolute Gasteiger partial charge is 0.381 e. The smallest absolute Gasteiger partial charge is 0.0485 e. The van der Waals surface area contributed by atoms with Crippen LogP contribution in [0.1, 0.15) is 39.2 Å². The number of halogens is 1. The van der Waals surface area contributed by atoms with E-state index in [2.05, 4.69) is 72.2 Å². The van der Waals surface area contributed by atoms with Gasteiger partial charge in [-0.15, -0.1) is 0 Å². The predicted molar refractivity (Wildman–Crippen MR) is 93.0 cm³/mol. The summed E-state index contributed by atoms with van der Waals surface area (Å²) in [4.78, 5) is 2.42. The molecule has 0 unspecified atom stereocenters. The standard InChI is InChI=1S/C17H27BrN2O/c1-17(2,3)19-12-13-5-6-14(18)11-16(13)20(4)15-7-9-21-10-8-15/h5-6,11,15,19H,7-10,12H2,1-4H3. The zero-order valence-electron chi connectivity index (χ0n) is 13.6. The molecule has 0 radical (unpaired) electrons. The second-order valence-corrected chi connectivity index (χ2v) is 7.75.